The van der Waals surface area contributed by atoms with E-state index in [4.69, 9.17) is 5.11 Å². The van der Waals surface area contributed by atoms with Crippen LogP contribution in [0.15, 0.2) is 0 Å². The van der Waals surface area contributed by atoms with Gasteiger partial charge >= 0.3 is 12.1 Å². The molecule has 0 saturated carbocycles. The van der Waals surface area contributed by atoms with E-state index >= 15 is 0 Å². The van der Waals surface area contributed by atoms with Crippen molar-refractivity contribution < 1.29 is 31.5 Å². The van der Waals surface area contributed by atoms with E-state index in [9.17, 15) is 26.4 Å². The zero-order valence-electron chi connectivity index (χ0n) is 10.8. The second kappa shape index (κ2) is 7.09. The third-order valence-corrected chi connectivity index (χ3v) is 4.48. The normalized spacial score (nSPS) is 13.2. The van der Waals surface area contributed by atoms with E-state index in [2.05, 4.69) is 0 Å². The van der Waals surface area contributed by atoms with Crippen molar-refractivity contribution in [3.63, 3.8) is 0 Å². The average Bonchev–Trinajstić information content (AvgIpc) is 2.25. The molecule has 0 atom stereocenters. The van der Waals surface area contributed by atoms with Gasteiger partial charge in [0, 0.05) is 6.04 Å². The number of halogens is 3. The zero-order valence-corrected chi connectivity index (χ0v) is 11.6. The van der Waals surface area contributed by atoms with Crippen molar-refractivity contribution in [1.82, 2.24) is 4.31 Å². The minimum absolute atomic E-state index is 0.235. The maximum absolute atomic E-state index is 12.4. The molecule has 0 saturated heterocycles. The van der Waals surface area contributed by atoms with Gasteiger partial charge in [-0.05, 0) is 12.8 Å². The Balaban J connectivity index is 5.16. The molecule has 0 unspecified atom stereocenters. The van der Waals surface area contributed by atoms with Gasteiger partial charge in [0.2, 0.25) is 10.0 Å². The van der Waals surface area contributed by atoms with E-state index < -0.39 is 46.9 Å². The number of rotatable bonds is 8. The van der Waals surface area contributed by atoms with Crippen LogP contribution in [-0.4, -0.2) is 48.3 Å². The molecule has 5 nitrogen and oxygen atoms in total. The fraction of sp³-hybridized carbons (Fsp3) is 0.900. The van der Waals surface area contributed by atoms with Gasteiger partial charge in [0.1, 0.15) is 6.54 Å². The van der Waals surface area contributed by atoms with Gasteiger partial charge in [-0.2, -0.15) is 17.5 Å². The molecule has 19 heavy (non-hydrogen) atoms. The smallest absolute Gasteiger partial charge is 0.402 e. The van der Waals surface area contributed by atoms with Gasteiger partial charge in [0.25, 0.3) is 0 Å². The molecule has 1 N–H and O–H groups in total. The lowest BCUT2D eigenvalue weighted by molar-refractivity contribution is -0.139. The van der Waals surface area contributed by atoms with Crippen LogP contribution < -0.4 is 0 Å². The first kappa shape index (κ1) is 18.2. The van der Waals surface area contributed by atoms with Gasteiger partial charge < -0.3 is 5.11 Å². The molecule has 0 heterocycles. The number of alkyl halides is 3. The molecule has 114 valence electrons. The monoisotopic (exact) mass is 305 g/mol. The summed E-state index contributed by atoms with van der Waals surface area (Å²) in [6, 6.07) is -0.777. The Morgan fingerprint density at radius 1 is 1.26 bits per heavy atom. The number of carboxylic acid groups (broad SMARTS) is 1. The molecule has 0 aliphatic rings. The third kappa shape index (κ3) is 6.76. The van der Waals surface area contributed by atoms with Crippen molar-refractivity contribution in [2.24, 2.45) is 0 Å². The van der Waals surface area contributed by atoms with Gasteiger partial charge in [-0.3, -0.25) is 4.79 Å². The highest BCUT2D eigenvalue weighted by atomic mass is 32.2. The van der Waals surface area contributed by atoms with E-state index in [1.165, 1.54) is 0 Å². The van der Waals surface area contributed by atoms with Gasteiger partial charge in [-0.25, -0.2) is 8.42 Å². The molecule has 0 aromatic carbocycles. The minimum atomic E-state index is -4.65. The quantitative estimate of drug-likeness (QED) is 0.742. The van der Waals surface area contributed by atoms with Crippen LogP contribution in [0.25, 0.3) is 0 Å². The average molecular weight is 305 g/mol. The van der Waals surface area contributed by atoms with Gasteiger partial charge in [-0.1, -0.05) is 13.8 Å². The van der Waals surface area contributed by atoms with Crippen molar-refractivity contribution in [1.29, 1.82) is 0 Å². The van der Waals surface area contributed by atoms with Crippen LogP contribution in [-0.2, 0) is 14.8 Å². The lowest BCUT2D eigenvalue weighted by atomic mass is 10.2. The first-order valence-electron chi connectivity index (χ1n) is 5.81. The number of hydrogen-bond donors (Lipinski definition) is 1. The topological polar surface area (TPSA) is 74.7 Å². The fourth-order valence-corrected chi connectivity index (χ4v) is 3.42. The SMILES string of the molecule is CCC(CC)N(CC(F)(F)F)S(=O)(=O)CCC(=O)O. The van der Waals surface area contributed by atoms with Gasteiger partial charge in [-0.15, -0.1) is 0 Å². The van der Waals surface area contributed by atoms with Crippen LogP contribution in [0.4, 0.5) is 13.2 Å². The molecule has 0 aromatic heterocycles. The first-order chi connectivity index (χ1) is 8.53. The highest BCUT2D eigenvalue weighted by Gasteiger charge is 2.39. The molecule has 0 spiro atoms. The summed E-state index contributed by atoms with van der Waals surface area (Å²) in [6.07, 6.45) is -4.90. The third-order valence-electron chi connectivity index (χ3n) is 2.62. The Morgan fingerprint density at radius 2 is 1.74 bits per heavy atom. The van der Waals surface area contributed by atoms with Crippen LogP contribution >= 0.6 is 0 Å². The lowest BCUT2D eigenvalue weighted by Gasteiger charge is -2.30. The van der Waals surface area contributed by atoms with E-state index in [1.54, 1.807) is 13.8 Å². The highest BCUT2D eigenvalue weighted by molar-refractivity contribution is 7.89. The van der Waals surface area contributed by atoms with Gasteiger partial charge in [0.15, 0.2) is 0 Å². The number of hydrogen-bond acceptors (Lipinski definition) is 3. The van der Waals surface area contributed by atoms with Crippen LogP contribution in [0.2, 0.25) is 0 Å². The number of sulfonamides is 1. The summed E-state index contributed by atoms with van der Waals surface area (Å²) in [5.74, 6) is -2.19. The van der Waals surface area contributed by atoms with Gasteiger partial charge in [0.05, 0.1) is 12.2 Å². The summed E-state index contributed by atoms with van der Waals surface area (Å²) in [5.41, 5.74) is 0. The van der Waals surface area contributed by atoms with Crippen molar-refractivity contribution in [2.75, 3.05) is 12.3 Å². The molecule has 0 rings (SSSR count). The molecule has 0 aliphatic carbocycles. The molecular weight excluding hydrogens is 287 g/mol. The predicted octanol–water partition coefficient (Wildman–Crippen LogP) is 1.84. The number of aliphatic carboxylic acids is 1. The molecule has 0 aliphatic heterocycles. The Bertz CT molecular complexity index is 390. The molecular formula is C10H18F3NO4S. The number of carbonyl (C=O) groups is 1. The summed E-state index contributed by atoms with van der Waals surface area (Å²) >= 11 is 0. The van der Waals surface area contributed by atoms with E-state index in [1.807, 2.05) is 0 Å². The standard InChI is InChI=1S/C10H18F3NO4S/c1-3-8(4-2)14(7-10(11,12)13)19(17,18)6-5-9(15)16/h8H,3-7H2,1-2H3,(H,15,16). The summed E-state index contributed by atoms with van der Waals surface area (Å²) in [4.78, 5) is 10.4. The minimum Gasteiger partial charge on any atom is -0.481 e. The van der Waals surface area contributed by atoms with Crippen LogP contribution in [0.3, 0.4) is 0 Å². The second-order valence-corrected chi connectivity index (χ2v) is 6.13. The molecule has 9 heteroatoms. The molecule has 0 fully saturated rings. The van der Waals surface area contributed by atoms with E-state index in [-0.39, 0.29) is 12.8 Å². The molecule has 0 amide bonds. The second-order valence-electron chi connectivity index (χ2n) is 4.09. The van der Waals surface area contributed by atoms with E-state index in [0.717, 1.165) is 0 Å². The summed E-state index contributed by atoms with van der Waals surface area (Å²) in [7, 11) is -4.24. The lowest BCUT2D eigenvalue weighted by Crippen LogP contribution is -2.46. The Hall–Kier alpha value is -0.830. The van der Waals surface area contributed by atoms with Crippen LogP contribution in [0.5, 0.6) is 0 Å². The predicted molar refractivity (Wildman–Crippen MR) is 63.2 cm³/mol. The summed E-state index contributed by atoms with van der Waals surface area (Å²) in [6.45, 7) is 1.59. The van der Waals surface area contributed by atoms with E-state index in [0.29, 0.717) is 4.31 Å². The van der Waals surface area contributed by atoms with Crippen molar-refractivity contribution in [3.8, 4) is 0 Å². The Morgan fingerprint density at radius 3 is 2.05 bits per heavy atom. The van der Waals surface area contributed by atoms with Crippen LogP contribution in [0, 0.1) is 0 Å². The zero-order chi connectivity index (χ0) is 15.3. The first-order valence-corrected chi connectivity index (χ1v) is 7.42. The molecule has 0 radical (unpaired) electrons. The summed E-state index contributed by atoms with van der Waals surface area (Å²) in [5, 5.41) is 8.44. The fourth-order valence-electron chi connectivity index (χ4n) is 1.66. The van der Waals surface area contributed by atoms with Crippen molar-refractivity contribution in [3.05, 3.63) is 0 Å². The number of nitrogens with zero attached hydrogens (tertiary/aromatic N) is 1. The van der Waals surface area contributed by atoms with Crippen molar-refractivity contribution >= 4 is 16.0 Å². The maximum Gasteiger partial charge on any atom is 0.402 e. The molecule has 0 bridgehead atoms. The largest absolute Gasteiger partial charge is 0.481 e. The highest BCUT2D eigenvalue weighted by Crippen LogP contribution is 2.23. The Kier molecular flexibility index (Phi) is 6.78. The molecule has 0 aromatic rings. The summed E-state index contributed by atoms with van der Waals surface area (Å²) < 4.78 is 61.4. The Labute approximate surface area is 110 Å². The maximum atomic E-state index is 12.4. The van der Waals surface area contributed by atoms with Crippen LogP contribution in [0.1, 0.15) is 33.1 Å². The van der Waals surface area contributed by atoms with Crippen molar-refractivity contribution in [2.45, 2.75) is 45.3 Å². The number of carboxylic acids is 1.